The number of aryl methyl sites for hydroxylation is 1. The maximum atomic E-state index is 14.0. The second kappa shape index (κ2) is 5.40. The summed E-state index contributed by atoms with van der Waals surface area (Å²) >= 11 is 0. The van der Waals surface area contributed by atoms with E-state index in [1.807, 2.05) is 0 Å². The number of rotatable bonds is 3. The lowest BCUT2D eigenvalue weighted by Gasteiger charge is -2.18. The molecule has 0 fully saturated rings. The summed E-state index contributed by atoms with van der Waals surface area (Å²) in [6.07, 6.45) is 2.48. The van der Waals surface area contributed by atoms with E-state index in [9.17, 15) is 13.2 Å². The van der Waals surface area contributed by atoms with E-state index in [2.05, 4.69) is 10.3 Å². The molecule has 2 aromatic rings. The monoisotopic (exact) mass is 266 g/mol. The Morgan fingerprint density at radius 1 is 1.11 bits per heavy atom. The predicted octanol–water partition coefficient (Wildman–Crippen LogP) is 3.12. The molecular weight excluding hydrogens is 253 g/mol. The first-order chi connectivity index (χ1) is 9.04. The number of benzene rings is 1. The van der Waals surface area contributed by atoms with Gasteiger partial charge in [0.05, 0.1) is 12.2 Å². The molecule has 0 spiro atoms. The molecule has 1 atom stereocenters. The van der Waals surface area contributed by atoms with Gasteiger partial charge < -0.3 is 5.32 Å². The number of pyridine rings is 1. The van der Waals surface area contributed by atoms with E-state index in [-0.39, 0.29) is 11.1 Å². The molecule has 0 saturated heterocycles. The molecule has 0 aliphatic carbocycles. The van der Waals surface area contributed by atoms with Crippen LogP contribution in [0.3, 0.4) is 0 Å². The Kier molecular flexibility index (Phi) is 3.85. The maximum absolute atomic E-state index is 14.0. The zero-order chi connectivity index (χ0) is 14.0. The third-order valence-electron chi connectivity index (χ3n) is 2.96. The van der Waals surface area contributed by atoms with Crippen LogP contribution in [0.5, 0.6) is 0 Å². The van der Waals surface area contributed by atoms with Gasteiger partial charge in [-0.05, 0) is 31.2 Å². The van der Waals surface area contributed by atoms with Crippen LogP contribution < -0.4 is 5.32 Å². The molecule has 1 unspecified atom stereocenters. The van der Waals surface area contributed by atoms with Gasteiger partial charge in [-0.25, -0.2) is 13.2 Å². The van der Waals surface area contributed by atoms with Crippen molar-refractivity contribution >= 4 is 0 Å². The molecule has 0 radical (unpaired) electrons. The van der Waals surface area contributed by atoms with Gasteiger partial charge in [0.25, 0.3) is 0 Å². The molecule has 0 saturated carbocycles. The van der Waals surface area contributed by atoms with Crippen LogP contribution in [0.4, 0.5) is 13.2 Å². The standard InChI is InChI=1S/C14H13F3N2/c1-8-3-4-11(13(17)12(8)16)14(18-2)9-5-10(15)7-19-6-9/h3-7,14,18H,1-2H3. The average Bonchev–Trinajstić information content (AvgIpc) is 2.40. The van der Waals surface area contributed by atoms with Crippen LogP contribution in [-0.4, -0.2) is 12.0 Å². The van der Waals surface area contributed by atoms with E-state index >= 15 is 0 Å². The summed E-state index contributed by atoms with van der Waals surface area (Å²) in [6.45, 7) is 1.49. The first-order valence-electron chi connectivity index (χ1n) is 5.76. The summed E-state index contributed by atoms with van der Waals surface area (Å²) in [5, 5.41) is 2.84. The second-order valence-corrected chi connectivity index (χ2v) is 4.26. The topological polar surface area (TPSA) is 24.9 Å². The van der Waals surface area contributed by atoms with Crippen molar-refractivity contribution in [3.05, 3.63) is 64.7 Å². The van der Waals surface area contributed by atoms with Crippen LogP contribution in [0.1, 0.15) is 22.7 Å². The van der Waals surface area contributed by atoms with Gasteiger partial charge in [0.15, 0.2) is 11.6 Å². The molecule has 2 rings (SSSR count). The van der Waals surface area contributed by atoms with E-state index in [0.29, 0.717) is 5.56 Å². The summed E-state index contributed by atoms with van der Waals surface area (Å²) in [4.78, 5) is 3.72. The highest BCUT2D eigenvalue weighted by molar-refractivity contribution is 5.34. The fraction of sp³-hybridized carbons (Fsp3) is 0.214. The normalized spacial score (nSPS) is 12.5. The van der Waals surface area contributed by atoms with E-state index in [1.165, 1.54) is 31.3 Å². The van der Waals surface area contributed by atoms with Crippen molar-refractivity contribution in [2.45, 2.75) is 13.0 Å². The minimum absolute atomic E-state index is 0.123. The van der Waals surface area contributed by atoms with Gasteiger partial charge in [0.2, 0.25) is 0 Å². The van der Waals surface area contributed by atoms with Crippen molar-refractivity contribution in [1.29, 1.82) is 0 Å². The number of hydrogen-bond acceptors (Lipinski definition) is 2. The number of halogens is 3. The number of nitrogens with one attached hydrogen (secondary N) is 1. The fourth-order valence-electron chi connectivity index (χ4n) is 1.97. The van der Waals surface area contributed by atoms with Crippen LogP contribution in [0.15, 0.2) is 30.6 Å². The van der Waals surface area contributed by atoms with Gasteiger partial charge in [0, 0.05) is 11.8 Å². The molecule has 5 heteroatoms. The van der Waals surface area contributed by atoms with Crippen molar-refractivity contribution in [1.82, 2.24) is 10.3 Å². The molecule has 19 heavy (non-hydrogen) atoms. The Bertz CT molecular complexity index is 599. The highest BCUT2D eigenvalue weighted by Gasteiger charge is 2.20. The van der Waals surface area contributed by atoms with Gasteiger partial charge in [-0.2, -0.15) is 0 Å². The zero-order valence-electron chi connectivity index (χ0n) is 10.5. The first kappa shape index (κ1) is 13.5. The van der Waals surface area contributed by atoms with Crippen LogP contribution in [-0.2, 0) is 0 Å². The molecule has 0 bridgehead atoms. The van der Waals surface area contributed by atoms with Crippen molar-refractivity contribution in [2.75, 3.05) is 7.05 Å². The Morgan fingerprint density at radius 3 is 2.47 bits per heavy atom. The molecule has 2 nitrogen and oxygen atoms in total. The molecule has 0 amide bonds. The zero-order valence-corrected chi connectivity index (χ0v) is 10.5. The first-order valence-corrected chi connectivity index (χ1v) is 5.76. The summed E-state index contributed by atoms with van der Waals surface area (Å²) in [5.41, 5.74) is 0.788. The van der Waals surface area contributed by atoms with Gasteiger partial charge in [0.1, 0.15) is 5.82 Å². The van der Waals surface area contributed by atoms with Gasteiger partial charge in [-0.3, -0.25) is 4.98 Å². The molecular formula is C14H13F3N2. The van der Waals surface area contributed by atoms with Crippen molar-refractivity contribution in [2.24, 2.45) is 0 Å². The Balaban J connectivity index is 2.51. The largest absolute Gasteiger partial charge is 0.309 e. The molecule has 0 aliphatic rings. The minimum atomic E-state index is -0.927. The minimum Gasteiger partial charge on any atom is -0.309 e. The highest BCUT2D eigenvalue weighted by Crippen LogP contribution is 2.26. The van der Waals surface area contributed by atoms with E-state index in [4.69, 9.17) is 0 Å². The summed E-state index contributed by atoms with van der Waals surface area (Å²) in [6, 6.07) is 3.56. The third kappa shape index (κ3) is 2.61. The van der Waals surface area contributed by atoms with Crippen LogP contribution in [0, 0.1) is 24.4 Å². The fourth-order valence-corrected chi connectivity index (χ4v) is 1.97. The SMILES string of the molecule is CNC(c1cncc(F)c1)c1ccc(C)c(F)c1F. The second-order valence-electron chi connectivity index (χ2n) is 4.26. The van der Waals surface area contributed by atoms with Gasteiger partial charge in [-0.1, -0.05) is 12.1 Å². The van der Waals surface area contributed by atoms with Crippen molar-refractivity contribution in [3.8, 4) is 0 Å². The lowest BCUT2D eigenvalue weighted by Crippen LogP contribution is -2.20. The summed E-state index contributed by atoms with van der Waals surface area (Å²) < 4.78 is 40.7. The molecule has 0 aliphatic heterocycles. The number of nitrogens with zero attached hydrogens (tertiary/aromatic N) is 1. The van der Waals surface area contributed by atoms with E-state index in [0.717, 1.165) is 6.20 Å². The Hall–Kier alpha value is -1.88. The van der Waals surface area contributed by atoms with E-state index in [1.54, 1.807) is 7.05 Å². The summed E-state index contributed by atoms with van der Waals surface area (Å²) in [7, 11) is 1.59. The maximum Gasteiger partial charge on any atom is 0.164 e. The summed E-state index contributed by atoms with van der Waals surface area (Å²) in [5.74, 6) is -2.34. The number of hydrogen-bond donors (Lipinski definition) is 1. The van der Waals surface area contributed by atoms with Crippen LogP contribution >= 0.6 is 0 Å². The molecule has 100 valence electrons. The quantitative estimate of drug-likeness (QED) is 0.923. The third-order valence-corrected chi connectivity index (χ3v) is 2.96. The van der Waals surface area contributed by atoms with Gasteiger partial charge in [-0.15, -0.1) is 0 Å². The average molecular weight is 266 g/mol. The van der Waals surface area contributed by atoms with E-state index < -0.39 is 23.5 Å². The van der Waals surface area contributed by atoms with Crippen molar-refractivity contribution < 1.29 is 13.2 Å². The predicted molar refractivity (Wildman–Crippen MR) is 66.2 cm³/mol. The molecule has 1 aromatic heterocycles. The Morgan fingerprint density at radius 2 is 1.84 bits per heavy atom. The lowest BCUT2D eigenvalue weighted by atomic mass is 9.98. The lowest BCUT2D eigenvalue weighted by molar-refractivity contribution is 0.482. The Labute approximate surface area is 109 Å². The molecule has 1 heterocycles. The van der Waals surface area contributed by atoms with Gasteiger partial charge >= 0.3 is 0 Å². The van der Waals surface area contributed by atoms with Crippen LogP contribution in [0.2, 0.25) is 0 Å². The van der Waals surface area contributed by atoms with Crippen LogP contribution in [0.25, 0.3) is 0 Å². The highest BCUT2D eigenvalue weighted by atomic mass is 19.2. The smallest absolute Gasteiger partial charge is 0.164 e. The molecule has 1 N–H and O–H groups in total. The number of aromatic nitrogens is 1. The van der Waals surface area contributed by atoms with Crippen molar-refractivity contribution in [3.63, 3.8) is 0 Å². The molecule has 1 aromatic carbocycles.